The summed E-state index contributed by atoms with van der Waals surface area (Å²) >= 11 is 0. The molecular weight excluding hydrogens is 646 g/mol. The molecule has 0 saturated heterocycles. The number of ether oxygens (including phenoxy) is 1. The van der Waals surface area contributed by atoms with Crippen LogP contribution >= 0.6 is 0 Å². The summed E-state index contributed by atoms with van der Waals surface area (Å²) in [6.07, 6.45) is 7.79. The third kappa shape index (κ3) is 7.69. The number of anilines is 2. The minimum Gasteiger partial charge on any atom is -0.497 e. The summed E-state index contributed by atoms with van der Waals surface area (Å²) in [5.74, 6) is 0.494. The summed E-state index contributed by atoms with van der Waals surface area (Å²) in [5, 5.41) is 21.3. The van der Waals surface area contributed by atoms with Gasteiger partial charge < -0.3 is 20.5 Å². The number of nitrogens with one attached hydrogen (secondary N) is 2. The topological polar surface area (TPSA) is 152 Å². The molecule has 1 atom stereocenters. The maximum atomic E-state index is 13.4. The number of methoxy groups -OCH3 is 1. The zero-order valence-corrected chi connectivity index (χ0v) is 29.5. The van der Waals surface area contributed by atoms with Crippen molar-refractivity contribution < 1.29 is 24.2 Å². The first-order valence-electron chi connectivity index (χ1n) is 17.2. The van der Waals surface area contributed by atoms with E-state index in [9.17, 15) is 19.5 Å². The summed E-state index contributed by atoms with van der Waals surface area (Å²) in [4.78, 5) is 47.9. The second-order valence-corrected chi connectivity index (χ2v) is 13.9. The van der Waals surface area contributed by atoms with Crippen molar-refractivity contribution >= 4 is 40.4 Å². The number of benzene rings is 3. The van der Waals surface area contributed by atoms with Gasteiger partial charge in [-0.1, -0.05) is 37.5 Å². The van der Waals surface area contributed by atoms with Crippen molar-refractivity contribution in [3.8, 4) is 22.6 Å². The summed E-state index contributed by atoms with van der Waals surface area (Å²) in [6.45, 7) is 6.94. The Hall–Kier alpha value is -5.78. The van der Waals surface area contributed by atoms with Crippen molar-refractivity contribution in [2.45, 2.75) is 77.3 Å². The predicted molar refractivity (Wildman–Crippen MR) is 197 cm³/mol. The number of carbonyl (C=O) groups is 3. The molecule has 0 spiro atoms. The van der Waals surface area contributed by atoms with E-state index in [1.165, 1.54) is 19.3 Å². The Morgan fingerprint density at radius 1 is 0.922 bits per heavy atom. The molecule has 51 heavy (non-hydrogen) atoms. The molecule has 3 amide bonds. The van der Waals surface area contributed by atoms with Crippen LogP contribution in [0.1, 0.15) is 81.8 Å². The van der Waals surface area contributed by atoms with E-state index in [1.807, 2.05) is 35.0 Å². The Bertz CT molecular complexity index is 2030. The molecule has 2 aromatic heterocycles. The Morgan fingerprint density at radius 2 is 1.59 bits per heavy atom. The second kappa shape index (κ2) is 14.6. The summed E-state index contributed by atoms with van der Waals surface area (Å²) in [5.41, 5.74) is 4.56. The van der Waals surface area contributed by atoms with Crippen LogP contribution in [0.15, 0.2) is 79.1 Å². The summed E-state index contributed by atoms with van der Waals surface area (Å²) < 4.78 is 7.36. The van der Waals surface area contributed by atoms with Gasteiger partial charge in [-0.3, -0.25) is 9.59 Å². The SMILES string of the molecule is COc1ccc(-n2nc3cc(C(=O)N[C@H](C)C(=O)Nc4ccc(-c5cnc(N(C(=O)O)C(C)(C)C)nc5)cc4)ccc3c2C2CCCCC2)cc1. The van der Waals surface area contributed by atoms with Crippen LogP contribution in [0.25, 0.3) is 27.7 Å². The van der Waals surface area contributed by atoms with Crippen molar-refractivity contribution in [1.29, 1.82) is 0 Å². The zero-order valence-electron chi connectivity index (χ0n) is 29.5. The number of rotatable bonds is 9. The molecule has 264 valence electrons. The molecule has 5 aromatic rings. The van der Waals surface area contributed by atoms with Crippen molar-refractivity contribution in [1.82, 2.24) is 25.1 Å². The lowest BCUT2D eigenvalue weighted by atomic mass is 9.85. The highest BCUT2D eigenvalue weighted by atomic mass is 16.5. The number of hydrogen-bond donors (Lipinski definition) is 3. The molecule has 2 heterocycles. The zero-order chi connectivity index (χ0) is 36.3. The van der Waals surface area contributed by atoms with E-state index in [-0.39, 0.29) is 17.8 Å². The van der Waals surface area contributed by atoms with Gasteiger partial charge in [0, 0.05) is 46.1 Å². The van der Waals surface area contributed by atoms with E-state index in [4.69, 9.17) is 9.84 Å². The van der Waals surface area contributed by atoms with Crippen LogP contribution in [0.2, 0.25) is 0 Å². The van der Waals surface area contributed by atoms with Crippen LogP contribution in [0.4, 0.5) is 16.4 Å². The number of aromatic nitrogens is 4. The van der Waals surface area contributed by atoms with Crippen molar-refractivity contribution in [2.75, 3.05) is 17.3 Å². The number of fused-ring (bicyclic) bond motifs is 1. The van der Waals surface area contributed by atoms with Crippen molar-refractivity contribution in [3.05, 3.63) is 90.4 Å². The average molecular weight is 690 g/mol. The molecular formula is C39H43N7O5. The Kier molecular flexibility index (Phi) is 10.0. The molecule has 0 unspecified atom stereocenters. The van der Waals surface area contributed by atoms with Gasteiger partial charge in [0.1, 0.15) is 11.8 Å². The Morgan fingerprint density at radius 3 is 2.20 bits per heavy atom. The highest BCUT2D eigenvalue weighted by Gasteiger charge is 2.30. The standard InChI is InChI=1S/C39H43N7O5/c1-24(35(47)43-29-14-11-25(12-15-29)28-22-40-37(41-23-28)45(38(49)50)39(2,3)4)42-36(48)27-13-20-32-33(21-27)44-46(30-16-18-31(51-5)19-17-30)34(32)26-9-7-6-8-10-26/h11-24,26H,6-10H2,1-5H3,(H,42,48)(H,43,47)(H,49,50)/t24-/m1/s1. The van der Waals surface area contributed by atoms with Crippen LogP contribution in [0, 0.1) is 0 Å². The lowest BCUT2D eigenvalue weighted by molar-refractivity contribution is -0.117. The molecule has 0 aliphatic heterocycles. The molecule has 12 nitrogen and oxygen atoms in total. The molecule has 3 N–H and O–H groups in total. The lowest BCUT2D eigenvalue weighted by Crippen LogP contribution is -2.46. The Labute approximate surface area is 296 Å². The molecule has 12 heteroatoms. The average Bonchev–Trinajstić information content (AvgIpc) is 3.51. The summed E-state index contributed by atoms with van der Waals surface area (Å²) in [7, 11) is 1.64. The third-order valence-electron chi connectivity index (χ3n) is 9.21. The first-order chi connectivity index (χ1) is 24.4. The minimum atomic E-state index is -1.14. The molecule has 1 fully saturated rings. The highest BCUT2D eigenvalue weighted by Crippen LogP contribution is 2.38. The van der Waals surface area contributed by atoms with Crippen LogP contribution in [-0.4, -0.2) is 61.5 Å². The molecule has 1 saturated carbocycles. The van der Waals surface area contributed by atoms with Gasteiger partial charge in [-0.2, -0.15) is 5.10 Å². The van der Waals surface area contributed by atoms with E-state index in [0.29, 0.717) is 22.7 Å². The number of hydrogen-bond acceptors (Lipinski definition) is 7. The van der Waals surface area contributed by atoms with Crippen molar-refractivity contribution in [3.63, 3.8) is 0 Å². The number of amides is 3. The first kappa shape index (κ1) is 35.1. The largest absolute Gasteiger partial charge is 0.497 e. The molecule has 3 aromatic carbocycles. The fraction of sp³-hybridized carbons (Fsp3) is 0.333. The molecule has 0 radical (unpaired) electrons. The van der Waals surface area contributed by atoms with Gasteiger partial charge in [-0.25, -0.2) is 24.3 Å². The number of carbonyl (C=O) groups excluding carboxylic acids is 2. The lowest BCUT2D eigenvalue weighted by Gasteiger charge is -2.30. The number of nitrogens with zero attached hydrogens (tertiary/aromatic N) is 5. The van der Waals surface area contributed by atoms with Gasteiger partial charge in [-0.15, -0.1) is 0 Å². The summed E-state index contributed by atoms with van der Waals surface area (Å²) in [6, 6.07) is 19.7. The minimum absolute atomic E-state index is 0.0889. The highest BCUT2D eigenvalue weighted by molar-refractivity contribution is 6.02. The normalized spacial score (nSPS) is 14.1. The van der Waals surface area contributed by atoms with E-state index in [0.717, 1.165) is 51.3 Å². The van der Waals surface area contributed by atoms with Crippen LogP contribution in [0.5, 0.6) is 5.75 Å². The maximum absolute atomic E-state index is 13.4. The smallest absolute Gasteiger partial charge is 0.414 e. The monoisotopic (exact) mass is 689 g/mol. The van der Waals surface area contributed by atoms with Crippen LogP contribution in [0.3, 0.4) is 0 Å². The molecule has 6 rings (SSSR count). The van der Waals surface area contributed by atoms with E-state index in [2.05, 4.69) is 20.6 Å². The van der Waals surface area contributed by atoms with Gasteiger partial charge in [0.15, 0.2) is 0 Å². The van der Waals surface area contributed by atoms with Gasteiger partial charge >= 0.3 is 6.09 Å². The van der Waals surface area contributed by atoms with Gasteiger partial charge in [-0.05, 0) is 94.6 Å². The predicted octanol–water partition coefficient (Wildman–Crippen LogP) is 7.58. The van der Waals surface area contributed by atoms with E-state index < -0.39 is 17.7 Å². The van der Waals surface area contributed by atoms with Gasteiger partial charge in [0.25, 0.3) is 5.91 Å². The fourth-order valence-electron chi connectivity index (χ4n) is 6.54. The molecule has 0 bridgehead atoms. The quantitative estimate of drug-likeness (QED) is 0.143. The number of carboxylic acid groups (broad SMARTS) is 1. The van der Waals surface area contributed by atoms with Crippen LogP contribution < -0.4 is 20.3 Å². The maximum Gasteiger partial charge on any atom is 0.414 e. The Balaban J connectivity index is 1.13. The van der Waals surface area contributed by atoms with E-state index in [1.54, 1.807) is 83.6 Å². The van der Waals surface area contributed by atoms with Gasteiger partial charge in [0.05, 0.1) is 24.0 Å². The third-order valence-corrected chi connectivity index (χ3v) is 9.21. The van der Waals surface area contributed by atoms with Crippen molar-refractivity contribution in [2.24, 2.45) is 0 Å². The molecule has 1 aliphatic carbocycles. The van der Waals surface area contributed by atoms with E-state index >= 15 is 0 Å². The van der Waals surface area contributed by atoms with Gasteiger partial charge in [0.2, 0.25) is 11.9 Å². The first-order valence-corrected chi connectivity index (χ1v) is 17.2. The fourth-order valence-corrected chi connectivity index (χ4v) is 6.54. The van der Waals surface area contributed by atoms with Crippen LogP contribution in [-0.2, 0) is 4.79 Å². The second-order valence-electron chi connectivity index (χ2n) is 13.9. The molecule has 1 aliphatic rings.